The number of aliphatic hydroxyl groups excluding tert-OH is 1. The standard InChI is InChI=1S/C14H27N5O3/c1-11(8-16-13(21)22-14(2,3)4)15-9-12-10-19(18-17-12)6-5-7-20/h10-11,15,20H,5-9H2,1-4H3,(H,16,21). The number of ether oxygens (including phenoxy) is 1. The zero-order valence-electron chi connectivity index (χ0n) is 13.8. The number of aliphatic hydroxyl groups is 1. The third kappa shape index (κ3) is 7.94. The summed E-state index contributed by atoms with van der Waals surface area (Å²) in [6.07, 6.45) is 2.08. The van der Waals surface area contributed by atoms with E-state index in [2.05, 4.69) is 20.9 Å². The number of amides is 1. The minimum Gasteiger partial charge on any atom is -0.444 e. The number of carbonyl (C=O) groups is 1. The Kier molecular flexibility index (Phi) is 7.26. The van der Waals surface area contributed by atoms with Gasteiger partial charge in [0.05, 0.1) is 5.69 Å². The van der Waals surface area contributed by atoms with E-state index in [0.29, 0.717) is 26.1 Å². The van der Waals surface area contributed by atoms with E-state index in [1.54, 1.807) is 4.68 Å². The number of aromatic nitrogens is 3. The molecule has 0 aromatic carbocycles. The normalized spacial score (nSPS) is 13.0. The van der Waals surface area contributed by atoms with Gasteiger partial charge in [-0.25, -0.2) is 4.79 Å². The van der Waals surface area contributed by atoms with Crippen LogP contribution < -0.4 is 10.6 Å². The van der Waals surface area contributed by atoms with E-state index in [1.165, 1.54) is 0 Å². The Morgan fingerprint density at radius 3 is 2.86 bits per heavy atom. The van der Waals surface area contributed by atoms with Gasteiger partial charge in [-0.3, -0.25) is 4.68 Å². The van der Waals surface area contributed by atoms with Crippen LogP contribution in [0.25, 0.3) is 0 Å². The molecule has 0 radical (unpaired) electrons. The molecule has 3 N–H and O–H groups in total. The van der Waals surface area contributed by atoms with Crippen molar-refractivity contribution < 1.29 is 14.6 Å². The number of nitrogens with one attached hydrogen (secondary N) is 2. The van der Waals surface area contributed by atoms with Crippen LogP contribution in [0.2, 0.25) is 0 Å². The van der Waals surface area contributed by atoms with E-state index >= 15 is 0 Å². The van der Waals surface area contributed by atoms with Crippen molar-refractivity contribution in [1.29, 1.82) is 0 Å². The molecule has 0 fully saturated rings. The van der Waals surface area contributed by atoms with Crippen molar-refractivity contribution >= 4 is 6.09 Å². The minimum absolute atomic E-state index is 0.0788. The molecule has 22 heavy (non-hydrogen) atoms. The van der Waals surface area contributed by atoms with Crippen LogP contribution in [0.4, 0.5) is 4.79 Å². The van der Waals surface area contributed by atoms with Crippen LogP contribution in [-0.2, 0) is 17.8 Å². The second-order valence-electron chi connectivity index (χ2n) is 6.21. The fraction of sp³-hybridized carbons (Fsp3) is 0.786. The smallest absolute Gasteiger partial charge is 0.407 e. The largest absolute Gasteiger partial charge is 0.444 e. The van der Waals surface area contributed by atoms with Crippen molar-refractivity contribution in [2.45, 2.75) is 58.8 Å². The summed E-state index contributed by atoms with van der Waals surface area (Å²) in [6.45, 7) is 9.27. The Hall–Kier alpha value is -1.67. The molecule has 8 nitrogen and oxygen atoms in total. The highest BCUT2D eigenvalue weighted by atomic mass is 16.6. The number of rotatable bonds is 8. The van der Waals surface area contributed by atoms with Crippen LogP contribution in [0.5, 0.6) is 0 Å². The quantitative estimate of drug-likeness (QED) is 0.652. The van der Waals surface area contributed by atoms with Crippen molar-refractivity contribution in [2.24, 2.45) is 0 Å². The predicted molar refractivity (Wildman–Crippen MR) is 82.3 cm³/mol. The second kappa shape index (κ2) is 8.70. The SMILES string of the molecule is CC(CNC(=O)OC(C)(C)C)NCc1cn(CCCO)nn1. The molecule has 126 valence electrons. The van der Waals surface area contributed by atoms with Crippen LogP contribution >= 0.6 is 0 Å². The van der Waals surface area contributed by atoms with Crippen LogP contribution in [0.15, 0.2) is 6.20 Å². The number of hydrogen-bond acceptors (Lipinski definition) is 6. The van der Waals surface area contributed by atoms with Gasteiger partial charge in [0.1, 0.15) is 5.60 Å². The number of alkyl carbamates (subject to hydrolysis) is 1. The maximum atomic E-state index is 11.5. The first kappa shape index (κ1) is 18.4. The monoisotopic (exact) mass is 313 g/mol. The maximum absolute atomic E-state index is 11.5. The fourth-order valence-corrected chi connectivity index (χ4v) is 1.66. The molecule has 1 atom stereocenters. The first-order valence-electron chi connectivity index (χ1n) is 7.50. The average Bonchev–Trinajstić information content (AvgIpc) is 2.86. The molecule has 1 heterocycles. The zero-order chi connectivity index (χ0) is 16.6. The highest BCUT2D eigenvalue weighted by Gasteiger charge is 2.16. The topological polar surface area (TPSA) is 101 Å². The molecule has 0 bridgehead atoms. The number of nitrogens with zero attached hydrogens (tertiary/aromatic N) is 3. The molecule has 1 amide bonds. The van der Waals surface area contributed by atoms with Crippen molar-refractivity contribution in [3.05, 3.63) is 11.9 Å². The predicted octanol–water partition coefficient (Wildman–Crippen LogP) is 0.663. The third-order valence-electron chi connectivity index (χ3n) is 2.71. The molecule has 1 aromatic heterocycles. The molecule has 1 aromatic rings. The molecule has 0 saturated heterocycles. The van der Waals surface area contributed by atoms with E-state index in [9.17, 15) is 4.79 Å². The summed E-state index contributed by atoms with van der Waals surface area (Å²) in [5.74, 6) is 0. The minimum atomic E-state index is -0.492. The molecule has 8 heteroatoms. The Balaban J connectivity index is 2.24. The van der Waals surface area contributed by atoms with E-state index in [-0.39, 0.29) is 12.6 Å². The first-order valence-corrected chi connectivity index (χ1v) is 7.50. The Labute approximate surface area is 131 Å². The number of hydrogen-bond donors (Lipinski definition) is 3. The van der Waals surface area contributed by atoms with Crippen LogP contribution in [0.3, 0.4) is 0 Å². The number of carbonyl (C=O) groups excluding carboxylic acids is 1. The Morgan fingerprint density at radius 2 is 2.23 bits per heavy atom. The van der Waals surface area contributed by atoms with E-state index in [1.807, 2.05) is 33.9 Å². The number of aryl methyl sites for hydroxylation is 1. The highest BCUT2D eigenvalue weighted by Crippen LogP contribution is 2.06. The van der Waals surface area contributed by atoms with Gasteiger partial charge < -0.3 is 20.5 Å². The van der Waals surface area contributed by atoms with E-state index in [4.69, 9.17) is 9.84 Å². The van der Waals surface area contributed by atoms with Crippen LogP contribution in [0, 0.1) is 0 Å². The van der Waals surface area contributed by atoms with Crippen molar-refractivity contribution in [2.75, 3.05) is 13.2 Å². The first-order chi connectivity index (χ1) is 10.3. The molecule has 0 aliphatic carbocycles. The summed E-state index contributed by atoms with van der Waals surface area (Å²) >= 11 is 0. The van der Waals surface area contributed by atoms with E-state index < -0.39 is 11.7 Å². The lowest BCUT2D eigenvalue weighted by Gasteiger charge is -2.21. The summed E-state index contributed by atoms with van der Waals surface area (Å²) in [6, 6.07) is 0.0788. The fourth-order valence-electron chi connectivity index (χ4n) is 1.66. The summed E-state index contributed by atoms with van der Waals surface area (Å²) in [5, 5.41) is 22.7. The lowest BCUT2D eigenvalue weighted by molar-refractivity contribution is 0.0523. The molecule has 0 saturated carbocycles. The molecule has 1 rings (SSSR count). The molecular weight excluding hydrogens is 286 g/mol. The van der Waals surface area contributed by atoms with Crippen molar-refractivity contribution in [3.63, 3.8) is 0 Å². The van der Waals surface area contributed by atoms with Crippen molar-refractivity contribution in [3.8, 4) is 0 Å². The summed E-state index contributed by atoms with van der Waals surface area (Å²) in [5.41, 5.74) is 0.329. The highest BCUT2D eigenvalue weighted by molar-refractivity contribution is 5.67. The van der Waals surface area contributed by atoms with Crippen molar-refractivity contribution in [1.82, 2.24) is 25.6 Å². The lowest BCUT2D eigenvalue weighted by atomic mass is 10.2. The second-order valence-corrected chi connectivity index (χ2v) is 6.21. The summed E-state index contributed by atoms with van der Waals surface area (Å²) in [4.78, 5) is 11.5. The van der Waals surface area contributed by atoms with Gasteiger partial charge in [-0.1, -0.05) is 5.21 Å². The van der Waals surface area contributed by atoms with Gasteiger partial charge in [0.2, 0.25) is 0 Å². The molecule has 0 aliphatic heterocycles. The molecule has 0 aliphatic rings. The van der Waals surface area contributed by atoms with Gasteiger partial charge in [-0.2, -0.15) is 0 Å². The van der Waals surface area contributed by atoms with Gasteiger partial charge in [0, 0.05) is 38.5 Å². The van der Waals surface area contributed by atoms with Gasteiger partial charge in [-0.15, -0.1) is 5.10 Å². The zero-order valence-corrected chi connectivity index (χ0v) is 13.8. The summed E-state index contributed by atoms with van der Waals surface area (Å²) in [7, 11) is 0. The van der Waals surface area contributed by atoms with Crippen LogP contribution in [0.1, 0.15) is 39.8 Å². The Morgan fingerprint density at radius 1 is 1.50 bits per heavy atom. The summed E-state index contributed by atoms with van der Waals surface area (Å²) < 4.78 is 6.87. The molecule has 1 unspecified atom stereocenters. The Bertz CT molecular complexity index is 456. The molecular formula is C14H27N5O3. The van der Waals surface area contributed by atoms with Gasteiger partial charge >= 0.3 is 6.09 Å². The van der Waals surface area contributed by atoms with Crippen LogP contribution in [-0.4, -0.2) is 51.0 Å². The molecule has 0 spiro atoms. The average molecular weight is 313 g/mol. The third-order valence-corrected chi connectivity index (χ3v) is 2.71. The van der Waals surface area contributed by atoms with Gasteiger partial charge in [0.25, 0.3) is 0 Å². The lowest BCUT2D eigenvalue weighted by Crippen LogP contribution is -2.41. The van der Waals surface area contributed by atoms with Gasteiger partial charge in [0.15, 0.2) is 0 Å². The van der Waals surface area contributed by atoms with E-state index in [0.717, 1.165) is 5.69 Å². The maximum Gasteiger partial charge on any atom is 0.407 e. The van der Waals surface area contributed by atoms with Gasteiger partial charge in [-0.05, 0) is 34.1 Å².